The predicted molar refractivity (Wildman–Crippen MR) is 154 cm³/mol. The van der Waals surface area contributed by atoms with Crippen molar-refractivity contribution >= 4 is 35.0 Å². The van der Waals surface area contributed by atoms with Crippen LogP contribution in [0.5, 0.6) is 0 Å². The summed E-state index contributed by atoms with van der Waals surface area (Å²) in [5.41, 5.74) is 0.718. The molecule has 2 unspecified atom stereocenters. The number of nitro groups is 2. The van der Waals surface area contributed by atoms with Gasteiger partial charge in [-0.2, -0.15) is 0 Å². The molecule has 2 aromatic carbocycles. The minimum absolute atomic E-state index is 0.0999. The number of carbonyl (C=O) groups is 2. The second kappa shape index (κ2) is 13.2. The molecular formula is C28H34N6O8. The number of rotatable bonds is 9. The quantitative estimate of drug-likeness (QED) is 0.163. The highest BCUT2D eigenvalue weighted by molar-refractivity contribution is 5.99. The molecular weight excluding hydrogens is 548 g/mol. The normalized spacial score (nSPS) is 20.3. The Morgan fingerprint density at radius 3 is 1.88 bits per heavy atom. The summed E-state index contributed by atoms with van der Waals surface area (Å²) in [5.74, 6) is 0. The summed E-state index contributed by atoms with van der Waals surface area (Å²) in [5, 5.41) is 35.2. The van der Waals surface area contributed by atoms with E-state index >= 15 is 0 Å². The van der Waals surface area contributed by atoms with Gasteiger partial charge in [-0.25, -0.2) is 9.59 Å². The molecule has 2 amide bonds. The minimum Gasteiger partial charge on any atom is -0.319 e. The molecule has 42 heavy (non-hydrogen) atoms. The zero-order valence-corrected chi connectivity index (χ0v) is 24.1. The predicted octanol–water partition coefficient (Wildman–Crippen LogP) is 5.69. The van der Waals surface area contributed by atoms with Crippen LogP contribution in [0.15, 0.2) is 58.8 Å². The average molecular weight is 583 g/mol. The summed E-state index contributed by atoms with van der Waals surface area (Å²) in [4.78, 5) is 55.9. The number of nitro benzene ring substituents is 2. The molecule has 0 aliphatic heterocycles. The molecule has 1 fully saturated rings. The molecule has 2 atom stereocenters. The number of carbonyl (C=O) groups excluding carboxylic acids is 2. The van der Waals surface area contributed by atoms with Crippen LogP contribution in [-0.4, -0.2) is 46.0 Å². The maximum Gasteiger partial charge on any atom is 0.433 e. The smallest absolute Gasteiger partial charge is 0.319 e. The number of non-ortho nitro benzene ring substituents is 2. The summed E-state index contributed by atoms with van der Waals surface area (Å²) < 4.78 is 0. The number of nitrogens with zero attached hydrogens (tertiary/aromatic N) is 4. The van der Waals surface area contributed by atoms with Gasteiger partial charge in [0, 0.05) is 48.0 Å². The lowest BCUT2D eigenvalue weighted by Gasteiger charge is -2.46. The topological polar surface area (TPSA) is 188 Å². The summed E-state index contributed by atoms with van der Waals surface area (Å²) in [6.07, 6.45) is 0.424. The fraction of sp³-hybridized carbons (Fsp3) is 0.429. The van der Waals surface area contributed by atoms with Crippen molar-refractivity contribution in [2.75, 3.05) is 6.54 Å². The van der Waals surface area contributed by atoms with Crippen molar-refractivity contribution in [3.05, 3.63) is 79.9 Å². The zero-order chi connectivity index (χ0) is 31.1. The Labute approximate surface area is 242 Å². The number of nitrogens with one attached hydrogen (secondary N) is 2. The van der Waals surface area contributed by atoms with Gasteiger partial charge in [-0.05, 0) is 43.9 Å². The molecule has 14 nitrogen and oxygen atoms in total. The molecule has 0 radical (unpaired) electrons. The summed E-state index contributed by atoms with van der Waals surface area (Å²) in [7, 11) is 0. The molecule has 0 aromatic heterocycles. The standard InChI is InChI=1S/C28H34N6O8/c1-18(20-8-6-10-23(12-20)33(37)38)31-41-25(35)29-17-28(5)15-22(14-27(3,4)16-28)30-26(36)42-32-19(2)21-9-7-11-24(13-21)34(39)40/h6-13,22H,14-17H2,1-5H3,(H,29,35)(H,30,36)/b31-18+,32-19+. The minimum atomic E-state index is -0.778. The van der Waals surface area contributed by atoms with E-state index < -0.39 is 27.4 Å². The first-order chi connectivity index (χ1) is 19.7. The van der Waals surface area contributed by atoms with Crippen LogP contribution in [0.1, 0.15) is 65.0 Å². The third-order valence-corrected chi connectivity index (χ3v) is 6.91. The van der Waals surface area contributed by atoms with Gasteiger partial charge in [0.1, 0.15) is 0 Å². The highest BCUT2D eigenvalue weighted by Crippen LogP contribution is 2.45. The molecule has 224 valence electrons. The van der Waals surface area contributed by atoms with E-state index in [-0.39, 0.29) is 29.4 Å². The fourth-order valence-electron chi connectivity index (χ4n) is 5.40. The number of oxime groups is 2. The fourth-order valence-corrected chi connectivity index (χ4v) is 5.40. The van der Waals surface area contributed by atoms with E-state index in [9.17, 15) is 29.8 Å². The van der Waals surface area contributed by atoms with E-state index in [0.29, 0.717) is 35.4 Å². The lowest BCUT2D eigenvalue weighted by atomic mass is 9.62. The molecule has 2 N–H and O–H groups in total. The van der Waals surface area contributed by atoms with E-state index in [4.69, 9.17) is 9.68 Å². The molecule has 1 aliphatic rings. The van der Waals surface area contributed by atoms with Crippen LogP contribution in [0.3, 0.4) is 0 Å². The van der Waals surface area contributed by atoms with Crippen LogP contribution in [0.2, 0.25) is 0 Å². The molecule has 2 aromatic rings. The number of benzene rings is 2. The van der Waals surface area contributed by atoms with Crippen LogP contribution < -0.4 is 10.6 Å². The van der Waals surface area contributed by atoms with Crippen LogP contribution in [0, 0.1) is 31.1 Å². The third kappa shape index (κ3) is 9.08. The van der Waals surface area contributed by atoms with Gasteiger partial charge in [-0.3, -0.25) is 29.9 Å². The van der Waals surface area contributed by atoms with Crippen LogP contribution in [0.4, 0.5) is 21.0 Å². The maximum absolute atomic E-state index is 12.5. The van der Waals surface area contributed by atoms with Crippen molar-refractivity contribution in [3.8, 4) is 0 Å². The van der Waals surface area contributed by atoms with Crippen molar-refractivity contribution < 1.29 is 29.1 Å². The molecule has 14 heteroatoms. The van der Waals surface area contributed by atoms with E-state index in [1.807, 2.05) is 6.92 Å². The molecule has 3 rings (SSSR count). The molecule has 0 saturated heterocycles. The average Bonchev–Trinajstić information content (AvgIpc) is 2.92. The summed E-state index contributed by atoms with van der Waals surface area (Å²) in [6.45, 7) is 9.53. The van der Waals surface area contributed by atoms with Gasteiger partial charge < -0.3 is 10.6 Å². The van der Waals surface area contributed by atoms with Gasteiger partial charge in [-0.1, -0.05) is 55.3 Å². The van der Waals surface area contributed by atoms with Gasteiger partial charge in [0.05, 0.1) is 21.3 Å². The van der Waals surface area contributed by atoms with Crippen molar-refractivity contribution in [1.82, 2.24) is 10.6 Å². The first kappa shape index (κ1) is 31.6. The van der Waals surface area contributed by atoms with Gasteiger partial charge in [0.25, 0.3) is 11.4 Å². The molecule has 0 spiro atoms. The summed E-state index contributed by atoms with van der Waals surface area (Å²) in [6, 6.07) is 11.4. The Morgan fingerprint density at radius 2 is 1.38 bits per heavy atom. The highest BCUT2D eigenvalue weighted by Gasteiger charge is 2.42. The van der Waals surface area contributed by atoms with E-state index in [2.05, 4.69) is 34.8 Å². The lowest BCUT2D eigenvalue weighted by molar-refractivity contribution is -0.385. The van der Waals surface area contributed by atoms with Crippen LogP contribution in [-0.2, 0) is 9.68 Å². The first-order valence-electron chi connectivity index (χ1n) is 13.2. The second-order valence-corrected chi connectivity index (χ2v) is 11.5. The largest absolute Gasteiger partial charge is 0.433 e. The third-order valence-electron chi connectivity index (χ3n) is 6.91. The lowest BCUT2D eigenvalue weighted by Crippen LogP contribution is -2.50. The number of amides is 2. The van der Waals surface area contributed by atoms with Crippen molar-refractivity contribution in [1.29, 1.82) is 0 Å². The van der Waals surface area contributed by atoms with E-state index in [0.717, 1.165) is 6.42 Å². The second-order valence-electron chi connectivity index (χ2n) is 11.5. The molecule has 1 aliphatic carbocycles. The van der Waals surface area contributed by atoms with Gasteiger partial charge >= 0.3 is 12.2 Å². The maximum atomic E-state index is 12.5. The Balaban J connectivity index is 1.56. The molecule has 0 heterocycles. The van der Waals surface area contributed by atoms with E-state index in [1.165, 1.54) is 36.4 Å². The number of hydrogen-bond acceptors (Lipinski definition) is 10. The zero-order valence-electron chi connectivity index (χ0n) is 24.1. The Bertz CT molecular complexity index is 1420. The first-order valence-corrected chi connectivity index (χ1v) is 13.2. The number of hydrogen-bond donors (Lipinski definition) is 2. The highest BCUT2D eigenvalue weighted by atomic mass is 16.7. The van der Waals surface area contributed by atoms with Gasteiger partial charge in [0.2, 0.25) is 0 Å². The molecule has 1 saturated carbocycles. The van der Waals surface area contributed by atoms with Crippen LogP contribution in [0.25, 0.3) is 0 Å². The van der Waals surface area contributed by atoms with Gasteiger partial charge in [-0.15, -0.1) is 0 Å². The van der Waals surface area contributed by atoms with Crippen molar-refractivity contribution in [3.63, 3.8) is 0 Å². The SMILES string of the molecule is C/C(=N\OC(=O)NCC1(C)CC(NC(=O)O/N=C(\C)c2cccc([N+](=O)[O-])c2)CC(C)(C)C1)c1cccc([N+](=O)[O-])c1. The Morgan fingerprint density at radius 1 is 0.881 bits per heavy atom. The Kier molecular flexibility index (Phi) is 9.94. The molecule has 0 bridgehead atoms. The van der Waals surface area contributed by atoms with Crippen molar-refractivity contribution in [2.45, 2.75) is 59.9 Å². The van der Waals surface area contributed by atoms with Crippen molar-refractivity contribution in [2.24, 2.45) is 21.1 Å². The monoisotopic (exact) mass is 582 g/mol. The van der Waals surface area contributed by atoms with Crippen LogP contribution >= 0.6 is 0 Å². The Hall–Kier alpha value is -4.88. The van der Waals surface area contributed by atoms with Gasteiger partial charge in [0.15, 0.2) is 0 Å². The summed E-state index contributed by atoms with van der Waals surface area (Å²) >= 11 is 0. The van der Waals surface area contributed by atoms with E-state index in [1.54, 1.807) is 26.0 Å².